The van der Waals surface area contributed by atoms with E-state index in [1.165, 1.54) is 19.5 Å². The molecule has 2 heterocycles. The fraction of sp³-hybridized carbons (Fsp3) is 0.259. The van der Waals surface area contributed by atoms with Gasteiger partial charge in [-0.15, -0.1) is 0 Å². The minimum Gasteiger partial charge on any atom is -0.478 e. The minimum absolute atomic E-state index is 0.103. The third-order valence-electron chi connectivity index (χ3n) is 6.80. The van der Waals surface area contributed by atoms with Gasteiger partial charge in [0.15, 0.2) is 0 Å². The maximum absolute atomic E-state index is 13.3. The van der Waals surface area contributed by atoms with Crippen molar-refractivity contribution in [1.29, 1.82) is 0 Å². The number of aromatic carboxylic acids is 1. The molecule has 1 aromatic carbocycles. The Morgan fingerprint density at radius 2 is 1.89 bits per heavy atom. The lowest BCUT2D eigenvalue weighted by Crippen LogP contribution is -2.46. The Morgan fingerprint density at radius 3 is 2.54 bits per heavy atom. The van der Waals surface area contributed by atoms with Crippen molar-refractivity contribution in [1.82, 2.24) is 20.3 Å². The molecule has 37 heavy (non-hydrogen) atoms. The highest BCUT2D eigenvalue weighted by molar-refractivity contribution is 6.07. The molecule has 0 radical (unpaired) electrons. The summed E-state index contributed by atoms with van der Waals surface area (Å²) in [5.74, 6) is -2.86. The van der Waals surface area contributed by atoms with Crippen molar-refractivity contribution in [2.45, 2.75) is 30.9 Å². The van der Waals surface area contributed by atoms with Gasteiger partial charge in [0, 0.05) is 29.3 Å². The lowest BCUT2D eigenvalue weighted by molar-refractivity contribution is -0.144. The first-order chi connectivity index (χ1) is 17.6. The Labute approximate surface area is 211 Å². The average Bonchev–Trinajstić information content (AvgIpc) is 3.62. The number of carbonyl (C=O) groups excluding carboxylic acids is 2. The van der Waals surface area contributed by atoms with Gasteiger partial charge in [-0.1, -0.05) is 24.3 Å². The number of hydrogen-bond acceptors (Lipinski definition) is 8. The van der Waals surface area contributed by atoms with E-state index in [1.807, 2.05) is 6.08 Å². The van der Waals surface area contributed by atoms with E-state index >= 15 is 0 Å². The zero-order chi connectivity index (χ0) is 26.4. The molecule has 2 aliphatic carbocycles. The van der Waals surface area contributed by atoms with Crippen LogP contribution in [0.25, 0.3) is 22.0 Å². The molecule has 3 aromatic rings. The van der Waals surface area contributed by atoms with Crippen LogP contribution < -0.4 is 5.32 Å². The van der Waals surface area contributed by atoms with Gasteiger partial charge >= 0.3 is 11.9 Å². The molecule has 2 aromatic heterocycles. The summed E-state index contributed by atoms with van der Waals surface area (Å²) >= 11 is 0. The summed E-state index contributed by atoms with van der Waals surface area (Å²) < 4.78 is 4.98. The van der Waals surface area contributed by atoms with E-state index in [9.17, 15) is 24.6 Å². The second kappa shape index (κ2) is 8.90. The van der Waals surface area contributed by atoms with Crippen LogP contribution in [0.1, 0.15) is 40.6 Å². The van der Waals surface area contributed by atoms with Gasteiger partial charge in [0.1, 0.15) is 17.6 Å². The fourth-order valence-electron chi connectivity index (χ4n) is 4.67. The molecule has 0 spiro atoms. The van der Waals surface area contributed by atoms with Gasteiger partial charge in [0.05, 0.1) is 23.8 Å². The maximum atomic E-state index is 13.3. The minimum atomic E-state index is -1.30. The molecular formula is C27H24N4O6. The highest BCUT2D eigenvalue weighted by Crippen LogP contribution is 2.51. The number of nitrogens with zero attached hydrogens (tertiary/aromatic N) is 3. The highest BCUT2D eigenvalue weighted by atomic mass is 16.5. The Morgan fingerprint density at radius 1 is 1.14 bits per heavy atom. The zero-order valence-corrected chi connectivity index (χ0v) is 20.1. The molecule has 0 saturated heterocycles. The predicted molar refractivity (Wildman–Crippen MR) is 133 cm³/mol. The first-order valence-electron chi connectivity index (χ1n) is 11.6. The number of aromatic nitrogens is 3. The number of rotatable bonds is 6. The molecule has 3 atom stereocenters. The molecular weight excluding hydrogens is 476 g/mol. The van der Waals surface area contributed by atoms with Crippen LogP contribution in [0.15, 0.2) is 66.8 Å². The van der Waals surface area contributed by atoms with Gasteiger partial charge in [-0.05, 0) is 49.1 Å². The molecule has 3 N–H and O–H groups in total. The number of esters is 1. The number of carbonyl (C=O) groups is 3. The molecule has 2 aliphatic rings. The van der Waals surface area contributed by atoms with Crippen molar-refractivity contribution in [3.05, 3.63) is 78.0 Å². The Balaban J connectivity index is 1.47. The summed E-state index contributed by atoms with van der Waals surface area (Å²) in [7, 11) is 1.24. The number of amides is 1. The van der Waals surface area contributed by atoms with Crippen molar-refractivity contribution >= 4 is 28.7 Å². The van der Waals surface area contributed by atoms with Crippen molar-refractivity contribution in [2.24, 2.45) is 5.92 Å². The number of carboxylic acid groups (broad SMARTS) is 1. The molecule has 1 unspecified atom stereocenters. The number of pyridine rings is 1. The van der Waals surface area contributed by atoms with Crippen LogP contribution in [-0.2, 0) is 9.53 Å². The number of carboxylic acids is 1. The molecule has 1 amide bonds. The van der Waals surface area contributed by atoms with Crippen LogP contribution >= 0.6 is 0 Å². The van der Waals surface area contributed by atoms with Crippen LogP contribution in [0, 0.1) is 5.92 Å². The summed E-state index contributed by atoms with van der Waals surface area (Å²) in [6, 6.07) is 6.23. The van der Waals surface area contributed by atoms with Crippen LogP contribution in [0.4, 0.5) is 0 Å². The normalized spacial score (nSPS) is 24.3. The second-order valence-electron chi connectivity index (χ2n) is 9.49. The van der Waals surface area contributed by atoms with Gasteiger partial charge in [-0.2, -0.15) is 0 Å². The van der Waals surface area contributed by atoms with Crippen molar-refractivity contribution < 1.29 is 29.3 Å². The van der Waals surface area contributed by atoms with E-state index in [2.05, 4.69) is 20.3 Å². The number of aliphatic hydroxyl groups is 1. The van der Waals surface area contributed by atoms with Gasteiger partial charge in [0.2, 0.25) is 0 Å². The first-order valence-corrected chi connectivity index (χ1v) is 11.6. The van der Waals surface area contributed by atoms with E-state index in [-0.39, 0.29) is 17.2 Å². The van der Waals surface area contributed by atoms with Crippen LogP contribution in [0.5, 0.6) is 0 Å². The van der Waals surface area contributed by atoms with Crippen molar-refractivity contribution in [2.75, 3.05) is 7.11 Å². The molecule has 10 heteroatoms. The number of hydrogen-bond donors (Lipinski definition) is 3. The smallest absolute Gasteiger partial charge is 0.336 e. The van der Waals surface area contributed by atoms with Crippen molar-refractivity contribution in [3.8, 4) is 11.1 Å². The molecule has 1 fully saturated rings. The lowest BCUT2D eigenvalue weighted by atomic mass is 9.91. The van der Waals surface area contributed by atoms with E-state index in [0.29, 0.717) is 34.9 Å². The Hall–Kier alpha value is -4.44. The molecule has 5 rings (SSSR count). The average molecular weight is 501 g/mol. The van der Waals surface area contributed by atoms with Crippen LogP contribution in [-0.4, -0.2) is 61.3 Å². The number of nitrogens with one attached hydrogen (secondary N) is 1. The number of fused-ring (bicyclic) bond motifs is 1. The Kier molecular flexibility index (Phi) is 5.83. The SMILES string of the molecule is COC(=O)[C@@]1(NC(=O)c2cc(C(=O)O)c3cc(-c4cncnc4)ccc3n2)C[C@H]1C1=CCC(C)(O)C=C1. The van der Waals surface area contributed by atoms with Crippen LogP contribution in [0.3, 0.4) is 0 Å². The number of ether oxygens (including phenoxy) is 1. The van der Waals surface area contributed by atoms with Gasteiger partial charge in [-0.3, -0.25) is 4.79 Å². The van der Waals surface area contributed by atoms with Gasteiger partial charge in [-0.25, -0.2) is 24.5 Å². The van der Waals surface area contributed by atoms with E-state index < -0.39 is 29.0 Å². The van der Waals surface area contributed by atoms with Crippen LogP contribution in [0.2, 0.25) is 0 Å². The topological polar surface area (TPSA) is 152 Å². The summed E-state index contributed by atoms with van der Waals surface area (Å²) in [6.45, 7) is 1.68. The number of allylic oxidation sites excluding steroid dienone is 1. The van der Waals surface area contributed by atoms with Crippen molar-refractivity contribution in [3.63, 3.8) is 0 Å². The first kappa shape index (κ1) is 24.3. The monoisotopic (exact) mass is 500 g/mol. The van der Waals surface area contributed by atoms with Gasteiger partial charge in [0.25, 0.3) is 5.91 Å². The van der Waals surface area contributed by atoms with Gasteiger partial charge < -0.3 is 20.3 Å². The zero-order valence-electron chi connectivity index (χ0n) is 20.1. The summed E-state index contributed by atoms with van der Waals surface area (Å²) in [5.41, 5.74) is 0.0211. The molecule has 0 bridgehead atoms. The third kappa shape index (κ3) is 4.47. The largest absolute Gasteiger partial charge is 0.478 e. The van der Waals surface area contributed by atoms with E-state index in [0.717, 1.165) is 5.57 Å². The fourth-order valence-corrected chi connectivity index (χ4v) is 4.67. The maximum Gasteiger partial charge on any atom is 0.336 e. The third-order valence-corrected chi connectivity index (χ3v) is 6.80. The quantitative estimate of drug-likeness (QED) is 0.434. The van der Waals surface area contributed by atoms with E-state index in [1.54, 1.807) is 49.7 Å². The highest BCUT2D eigenvalue weighted by Gasteiger charge is 2.63. The summed E-state index contributed by atoms with van der Waals surface area (Å²) in [6.07, 6.45) is 10.6. The molecule has 0 aliphatic heterocycles. The number of benzene rings is 1. The molecule has 1 saturated carbocycles. The second-order valence-corrected chi connectivity index (χ2v) is 9.49. The molecule has 188 valence electrons. The molecule has 10 nitrogen and oxygen atoms in total. The summed E-state index contributed by atoms with van der Waals surface area (Å²) in [5, 5.41) is 23.1. The Bertz CT molecular complexity index is 1500. The number of methoxy groups -OCH3 is 1. The lowest BCUT2D eigenvalue weighted by Gasteiger charge is -2.23. The standard InChI is InChI=1S/C27H24N4O6/c1-26(36)7-5-15(6-8-26)20-11-27(20,25(35)37-2)31-23(32)22-10-19(24(33)34)18-9-16(3-4-21(18)30-22)17-12-28-14-29-13-17/h3-7,9-10,12-14,20,36H,8,11H2,1-2H3,(H,31,32)(H,33,34)/t20-,26?,27+/m0/s1. The predicted octanol–water partition coefficient (Wildman–Crippen LogP) is 2.69. The summed E-state index contributed by atoms with van der Waals surface area (Å²) in [4.78, 5) is 50.5. The van der Waals surface area contributed by atoms with E-state index in [4.69, 9.17) is 4.74 Å².